The van der Waals surface area contributed by atoms with Gasteiger partial charge in [-0.1, -0.05) is 0 Å². The van der Waals surface area contributed by atoms with E-state index in [4.69, 9.17) is 5.73 Å². The van der Waals surface area contributed by atoms with Crippen molar-refractivity contribution in [2.75, 3.05) is 26.4 Å². The summed E-state index contributed by atoms with van der Waals surface area (Å²) in [5.74, 6) is -0.357. The number of hydrogen-bond acceptors (Lipinski definition) is 5. The Bertz CT molecular complexity index is 511. The Morgan fingerprint density at radius 1 is 1.59 bits per heavy atom. The Kier molecular flexibility index (Phi) is 6.25. The van der Waals surface area contributed by atoms with Gasteiger partial charge in [0.25, 0.3) is 0 Å². The number of amides is 1. The van der Waals surface area contributed by atoms with Crippen LogP contribution in [0.15, 0.2) is 0 Å². The highest BCUT2D eigenvalue weighted by molar-refractivity contribution is 7.88. The average molecular weight is 355 g/mol. The van der Waals surface area contributed by atoms with Crippen molar-refractivity contribution in [3.8, 4) is 0 Å². The van der Waals surface area contributed by atoms with Gasteiger partial charge in [-0.15, -0.1) is 12.4 Å². The Balaban J connectivity index is 0.00000242. The maximum absolute atomic E-state index is 11.9. The number of carbonyl (C=O) groups excluding carboxylic acids is 1. The second-order valence-electron chi connectivity index (χ2n) is 6.17. The first kappa shape index (κ1) is 19.6. The van der Waals surface area contributed by atoms with Crippen LogP contribution in [0.25, 0.3) is 0 Å². The van der Waals surface area contributed by atoms with Gasteiger partial charge in [0, 0.05) is 26.2 Å². The lowest BCUT2D eigenvalue weighted by molar-refractivity contribution is -0.131. The minimum absolute atomic E-state index is 0. The predicted molar refractivity (Wildman–Crippen MR) is 85.9 cm³/mol. The van der Waals surface area contributed by atoms with Gasteiger partial charge < -0.3 is 10.8 Å². The van der Waals surface area contributed by atoms with Crippen LogP contribution < -0.4 is 5.73 Å². The summed E-state index contributed by atoms with van der Waals surface area (Å²) in [5, 5.41) is 10.2. The summed E-state index contributed by atoms with van der Waals surface area (Å²) in [7, 11) is -1.89. The molecule has 1 radical (unpaired) electrons. The van der Waals surface area contributed by atoms with E-state index in [0.717, 1.165) is 23.4 Å². The second kappa shape index (κ2) is 7.00. The number of rotatable bonds is 6. The topological polar surface area (TPSA) is 104 Å². The number of halogens is 1. The molecule has 1 amide bonds. The molecule has 2 heterocycles. The van der Waals surface area contributed by atoms with Crippen molar-refractivity contribution in [2.45, 2.75) is 43.4 Å². The molecule has 129 valence electrons. The molecule has 22 heavy (non-hydrogen) atoms. The molecule has 2 saturated heterocycles. The van der Waals surface area contributed by atoms with Gasteiger partial charge in [-0.05, 0) is 32.1 Å². The SMILES string of the molecule is CN(C[C@H](O)CN1[C@@H]2C[CH]C[C@@]1(C(N)=O)CC2)S(C)(=O)=O.Cl. The number of sulfonamides is 1. The lowest BCUT2D eigenvalue weighted by Crippen LogP contribution is -2.60. The van der Waals surface area contributed by atoms with Crippen LogP contribution in [0.2, 0.25) is 0 Å². The van der Waals surface area contributed by atoms with E-state index in [1.807, 2.05) is 4.90 Å². The Morgan fingerprint density at radius 2 is 2.23 bits per heavy atom. The summed E-state index contributed by atoms with van der Waals surface area (Å²) in [4.78, 5) is 13.9. The summed E-state index contributed by atoms with van der Waals surface area (Å²) in [6.45, 7) is 0.280. The normalized spacial score (nSPS) is 30.1. The molecule has 0 saturated carbocycles. The first-order valence-corrected chi connectivity index (χ1v) is 8.99. The van der Waals surface area contributed by atoms with Gasteiger partial charge in [0.1, 0.15) is 5.54 Å². The summed E-state index contributed by atoms with van der Waals surface area (Å²) in [6, 6.07) is 0.212. The molecule has 0 aromatic heterocycles. The molecule has 3 atom stereocenters. The molecular formula is C13H25ClN3O4S. The van der Waals surface area contributed by atoms with E-state index in [1.165, 1.54) is 7.05 Å². The molecule has 2 rings (SSSR count). The highest BCUT2D eigenvalue weighted by Crippen LogP contribution is 2.43. The van der Waals surface area contributed by atoms with Crippen molar-refractivity contribution in [1.29, 1.82) is 0 Å². The number of aliphatic hydroxyl groups is 1. The molecule has 9 heteroatoms. The smallest absolute Gasteiger partial charge is 0.237 e. The number of nitrogens with zero attached hydrogens (tertiary/aromatic N) is 2. The number of fused-ring (bicyclic) bond motifs is 2. The maximum Gasteiger partial charge on any atom is 0.237 e. The van der Waals surface area contributed by atoms with E-state index in [-0.39, 0.29) is 37.4 Å². The Morgan fingerprint density at radius 3 is 2.77 bits per heavy atom. The number of piperidine rings is 1. The van der Waals surface area contributed by atoms with Crippen molar-refractivity contribution in [3.63, 3.8) is 0 Å². The lowest BCUT2D eigenvalue weighted by Gasteiger charge is -2.43. The van der Waals surface area contributed by atoms with Crippen LogP contribution in [0.4, 0.5) is 0 Å². The van der Waals surface area contributed by atoms with E-state index in [0.29, 0.717) is 12.8 Å². The van der Waals surface area contributed by atoms with Gasteiger partial charge in [-0.25, -0.2) is 12.7 Å². The number of primary amides is 1. The predicted octanol–water partition coefficient (Wildman–Crippen LogP) is -0.653. The van der Waals surface area contributed by atoms with Crippen molar-refractivity contribution in [1.82, 2.24) is 9.21 Å². The molecule has 0 aromatic rings. The molecule has 2 bridgehead atoms. The highest BCUT2D eigenvalue weighted by Gasteiger charge is 2.52. The van der Waals surface area contributed by atoms with Gasteiger partial charge in [-0.2, -0.15) is 0 Å². The average Bonchev–Trinajstić information content (AvgIpc) is 2.58. The van der Waals surface area contributed by atoms with Crippen LogP contribution in [0.5, 0.6) is 0 Å². The Labute approximate surface area is 138 Å². The zero-order chi connectivity index (χ0) is 15.8. The fourth-order valence-corrected chi connectivity index (χ4v) is 3.88. The van der Waals surface area contributed by atoms with E-state index in [1.54, 1.807) is 0 Å². The van der Waals surface area contributed by atoms with E-state index in [9.17, 15) is 18.3 Å². The number of nitrogens with two attached hydrogens (primary N) is 1. The quantitative estimate of drug-likeness (QED) is 0.659. The van der Waals surface area contributed by atoms with Crippen LogP contribution >= 0.6 is 12.4 Å². The molecule has 0 unspecified atom stereocenters. The molecule has 2 aliphatic heterocycles. The van der Waals surface area contributed by atoms with Gasteiger partial charge >= 0.3 is 0 Å². The fraction of sp³-hybridized carbons (Fsp3) is 0.846. The number of hydrogen-bond donors (Lipinski definition) is 2. The third-order valence-electron chi connectivity index (χ3n) is 4.70. The molecule has 0 aliphatic carbocycles. The van der Waals surface area contributed by atoms with Crippen LogP contribution in [0.3, 0.4) is 0 Å². The number of carbonyl (C=O) groups is 1. The van der Waals surface area contributed by atoms with Gasteiger partial charge in [0.2, 0.25) is 15.9 Å². The minimum Gasteiger partial charge on any atom is -0.390 e. The summed E-state index contributed by atoms with van der Waals surface area (Å²) < 4.78 is 23.9. The van der Waals surface area contributed by atoms with Crippen molar-refractivity contribution >= 4 is 28.3 Å². The zero-order valence-corrected chi connectivity index (χ0v) is 14.6. The molecule has 0 aromatic carbocycles. The second-order valence-corrected chi connectivity index (χ2v) is 8.26. The maximum atomic E-state index is 11.9. The number of aliphatic hydroxyl groups excluding tert-OH is 1. The molecular weight excluding hydrogens is 330 g/mol. The fourth-order valence-electron chi connectivity index (χ4n) is 3.44. The Hall–Kier alpha value is -0.410. The summed E-state index contributed by atoms with van der Waals surface area (Å²) >= 11 is 0. The molecule has 2 aliphatic rings. The summed E-state index contributed by atoms with van der Waals surface area (Å²) in [6.07, 6.45) is 5.42. The van der Waals surface area contributed by atoms with Crippen LogP contribution in [-0.4, -0.2) is 72.7 Å². The monoisotopic (exact) mass is 354 g/mol. The van der Waals surface area contributed by atoms with Gasteiger partial charge in [-0.3, -0.25) is 9.69 Å². The lowest BCUT2D eigenvalue weighted by atomic mass is 9.87. The number of likely N-dealkylation sites (N-methyl/N-ethyl adjacent to an activating group) is 1. The molecule has 0 spiro atoms. The van der Waals surface area contributed by atoms with E-state index < -0.39 is 21.7 Å². The van der Waals surface area contributed by atoms with Crippen molar-refractivity contribution < 1.29 is 18.3 Å². The van der Waals surface area contributed by atoms with Crippen LogP contribution in [0, 0.1) is 6.42 Å². The van der Waals surface area contributed by atoms with Gasteiger partial charge in [0.15, 0.2) is 0 Å². The van der Waals surface area contributed by atoms with E-state index in [2.05, 4.69) is 6.42 Å². The standard InChI is InChI=1S/C13H24N3O4S.ClH/c1-15(21(2,19)20)8-11(17)9-16-10-4-3-6-13(16,7-5-10)12(14)18;/h3,10-11,17H,4-9H2,1-2H3,(H2,14,18);1H/t10-,11+,13+;/m1./s1. The third kappa shape index (κ3) is 3.73. The van der Waals surface area contributed by atoms with Crippen molar-refractivity contribution in [3.05, 3.63) is 6.42 Å². The van der Waals surface area contributed by atoms with Gasteiger partial charge in [0.05, 0.1) is 12.4 Å². The number of β-amino-alcohol motifs (C(OH)–C–C–N with tert-alkyl or cyclic N) is 1. The minimum atomic E-state index is -3.32. The largest absolute Gasteiger partial charge is 0.390 e. The first-order chi connectivity index (χ1) is 9.67. The molecule has 3 N–H and O–H groups in total. The van der Waals surface area contributed by atoms with Crippen molar-refractivity contribution in [2.24, 2.45) is 5.73 Å². The van der Waals surface area contributed by atoms with Crippen LogP contribution in [0.1, 0.15) is 25.7 Å². The summed E-state index contributed by atoms with van der Waals surface area (Å²) in [5.41, 5.74) is 4.89. The first-order valence-electron chi connectivity index (χ1n) is 7.14. The van der Waals surface area contributed by atoms with E-state index >= 15 is 0 Å². The van der Waals surface area contributed by atoms with Crippen LogP contribution in [-0.2, 0) is 14.8 Å². The third-order valence-corrected chi connectivity index (χ3v) is 5.98. The molecule has 2 fully saturated rings. The zero-order valence-electron chi connectivity index (χ0n) is 12.9. The molecule has 7 nitrogen and oxygen atoms in total. The highest BCUT2D eigenvalue weighted by atomic mass is 35.5.